The van der Waals surface area contributed by atoms with Crippen LogP contribution in [0.1, 0.15) is 0 Å². The lowest BCUT2D eigenvalue weighted by Crippen LogP contribution is -2.74. The van der Waals surface area contributed by atoms with Crippen LogP contribution in [0.2, 0.25) is 0 Å². The van der Waals surface area contributed by atoms with E-state index < -0.39 is 8.07 Å². The van der Waals surface area contributed by atoms with Crippen LogP contribution in [0, 0.1) is 0 Å². The highest BCUT2D eigenvalue weighted by Gasteiger charge is 2.42. The van der Waals surface area contributed by atoms with Gasteiger partial charge in [0.2, 0.25) is 0 Å². The molecule has 0 amide bonds. The molecule has 0 saturated carbocycles. The molecular formula is C54H36N2OSi. The fourth-order valence-electron chi connectivity index (χ4n) is 9.78. The van der Waals surface area contributed by atoms with E-state index in [-0.39, 0.29) is 0 Å². The quantitative estimate of drug-likeness (QED) is 0.122. The summed E-state index contributed by atoms with van der Waals surface area (Å²) in [5.74, 6) is 0. The van der Waals surface area contributed by atoms with Gasteiger partial charge in [-0.05, 0) is 81.4 Å². The standard InChI is InChI=1S/C54H36N2OSi/c1-4-17-37(18-5-1)55-49-28-13-10-25-43(49)45-32-31-42(34-51(45)55)58(39-20-6-2-7-21-39,40-22-8-3-9-23-40)41-24-16-19-38(33-41)56-50-29-14-11-26-44(50)47-36-54-48(35-52(47)56)46-27-12-15-30-53(46)57-54/h1-36H. The molecule has 58 heavy (non-hydrogen) atoms. The fourth-order valence-corrected chi connectivity index (χ4v) is 14.6. The van der Waals surface area contributed by atoms with Gasteiger partial charge in [0.15, 0.2) is 8.07 Å². The van der Waals surface area contributed by atoms with Crippen molar-refractivity contribution >= 4 is 94.4 Å². The Morgan fingerprint density at radius 3 is 1.48 bits per heavy atom. The number of hydrogen-bond acceptors (Lipinski definition) is 1. The third-order valence-electron chi connectivity index (χ3n) is 12.2. The van der Waals surface area contributed by atoms with Crippen LogP contribution in [-0.2, 0) is 0 Å². The Bertz CT molecular complexity index is 3470. The van der Waals surface area contributed by atoms with Crippen molar-refractivity contribution in [1.82, 2.24) is 9.13 Å². The van der Waals surface area contributed by atoms with Crippen molar-refractivity contribution in [2.75, 3.05) is 0 Å². The van der Waals surface area contributed by atoms with E-state index in [0.717, 1.165) is 38.8 Å². The second-order valence-corrected chi connectivity index (χ2v) is 19.1. The predicted octanol–water partition coefficient (Wildman–Crippen LogP) is 11.2. The zero-order valence-corrected chi connectivity index (χ0v) is 32.6. The first kappa shape index (κ1) is 32.8. The number of aromatic nitrogens is 2. The van der Waals surface area contributed by atoms with Crippen LogP contribution >= 0.6 is 0 Å². The second-order valence-electron chi connectivity index (χ2n) is 15.3. The predicted molar refractivity (Wildman–Crippen MR) is 246 cm³/mol. The Hall–Kier alpha value is -7.40. The number of furan rings is 1. The van der Waals surface area contributed by atoms with Gasteiger partial charge in [-0.1, -0.05) is 158 Å². The van der Waals surface area contributed by atoms with E-state index in [1.54, 1.807) is 0 Å². The molecule has 9 aromatic carbocycles. The van der Waals surface area contributed by atoms with Crippen LogP contribution in [0.3, 0.4) is 0 Å². The molecule has 0 saturated heterocycles. The molecule has 12 aromatic rings. The Labute approximate surface area is 336 Å². The minimum Gasteiger partial charge on any atom is -0.456 e. The third kappa shape index (κ3) is 4.73. The smallest absolute Gasteiger partial charge is 0.179 e. The molecule has 0 aliphatic rings. The molecule has 0 unspecified atom stereocenters. The van der Waals surface area contributed by atoms with Crippen LogP contribution in [-0.4, -0.2) is 17.2 Å². The van der Waals surface area contributed by atoms with E-state index in [1.807, 2.05) is 6.07 Å². The van der Waals surface area contributed by atoms with Crippen LogP contribution in [0.15, 0.2) is 223 Å². The highest BCUT2D eigenvalue weighted by molar-refractivity contribution is 7.20. The fraction of sp³-hybridized carbons (Fsp3) is 0. The van der Waals surface area contributed by atoms with Gasteiger partial charge in [-0.15, -0.1) is 0 Å². The van der Waals surface area contributed by atoms with E-state index in [2.05, 4.69) is 221 Å². The van der Waals surface area contributed by atoms with Crippen LogP contribution in [0.25, 0.3) is 76.9 Å². The Kier molecular flexibility index (Phi) is 7.25. The molecule has 0 atom stereocenters. The Morgan fingerprint density at radius 1 is 0.276 bits per heavy atom. The molecule has 0 fully saturated rings. The van der Waals surface area contributed by atoms with Crippen molar-refractivity contribution < 1.29 is 4.42 Å². The first-order valence-electron chi connectivity index (χ1n) is 19.9. The van der Waals surface area contributed by atoms with Gasteiger partial charge in [-0.2, -0.15) is 0 Å². The summed E-state index contributed by atoms with van der Waals surface area (Å²) in [4.78, 5) is 0. The lowest BCUT2D eigenvalue weighted by molar-refractivity contribution is 0.669. The van der Waals surface area contributed by atoms with Gasteiger partial charge in [-0.25, -0.2) is 0 Å². The minimum absolute atomic E-state index is 0.910. The summed E-state index contributed by atoms with van der Waals surface area (Å²) in [6, 6.07) is 80.5. The summed E-state index contributed by atoms with van der Waals surface area (Å²) >= 11 is 0. The molecule has 0 bridgehead atoms. The van der Waals surface area contributed by atoms with Gasteiger partial charge in [0.1, 0.15) is 11.2 Å². The monoisotopic (exact) mass is 756 g/mol. The molecule has 4 heteroatoms. The van der Waals surface area contributed by atoms with Gasteiger partial charge in [0.25, 0.3) is 0 Å². The van der Waals surface area contributed by atoms with Gasteiger partial charge in [0.05, 0.1) is 22.1 Å². The lowest BCUT2D eigenvalue weighted by atomic mass is 10.1. The summed E-state index contributed by atoms with van der Waals surface area (Å²) in [5, 5.41) is 12.5. The number of hydrogen-bond donors (Lipinski definition) is 0. The number of fused-ring (bicyclic) bond motifs is 9. The Balaban J connectivity index is 1.18. The summed E-state index contributed by atoms with van der Waals surface area (Å²) < 4.78 is 11.3. The van der Waals surface area contributed by atoms with Crippen molar-refractivity contribution in [1.29, 1.82) is 0 Å². The number of nitrogens with zero attached hydrogens (tertiary/aromatic N) is 2. The summed E-state index contributed by atoms with van der Waals surface area (Å²) in [5.41, 5.74) is 8.87. The third-order valence-corrected chi connectivity index (χ3v) is 17.0. The molecule has 3 aromatic heterocycles. The van der Waals surface area contributed by atoms with Crippen molar-refractivity contribution in [2.24, 2.45) is 0 Å². The summed E-state index contributed by atoms with van der Waals surface area (Å²) in [6.07, 6.45) is 0. The molecular weight excluding hydrogens is 721 g/mol. The van der Waals surface area contributed by atoms with Gasteiger partial charge < -0.3 is 13.6 Å². The van der Waals surface area contributed by atoms with E-state index in [0.29, 0.717) is 0 Å². The maximum Gasteiger partial charge on any atom is 0.179 e. The highest BCUT2D eigenvalue weighted by atomic mass is 28.3. The maximum absolute atomic E-state index is 6.42. The molecule has 3 heterocycles. The normalized spacial score (nSPS) is 12.1. The number of rotatable bonds is 6. The Morgan fingerprint density at radius 2 is 0.776 bits per heavy atom. The van der Waals surface area contributed by atoms with Gasteiger partial charge >= 0.3 is 0 Å². The molecule has 0 aliphatic heterocycles. The zero-order valence-electron chi connectivity index (χ0n) is 31.6. The lowest BCUT2D eigenvalue weighted by Gasteiger charge is -2.35. The molecule has 0 spiro atoms. The number of benzene rings is 9. The molecule has 0 aliphatic carbocycles. The molecule has 3 nitrogen and oxygen atoms in total. The SMILES string of the molecule is c1ccc(-n2c3ccccc3c3ccc([Si](c4ccccc4)(c4ccccc4)c4cccc(-n5c6ccccc6c6cc7oc8ccccc8c7cc65)c4)cc32)cc1. The topological polar surface area (TPSA) is 23.0 Å². The first-order valence-corrected chi connectivity index (χ1v) is 21.9. The van der Waals surface area contributed by atoms with Crippen molar-refractivity contribution in [3.05, 3.63) is 218 Å². The average Bonchev–Trinajstić information content (AvgIpc) is 3.94. The first-order chi connectivity index (χ1) is 28.8. The largest absolute Gasteiger partial charge is 0.456 e. The van der Waals surface area contributed by atoms with E-state index >= 15 is 0 Å². The molecule has 0 N–H and O–H groups in total. The molecule has 272 valence electrons. The minimum atomic E-state index is -2.98. The van der Waals surface area contributed by atoms with E-state index in [9.17, 15) is 0 Å². The van der Waals surface area contributed by atoms with Gasteiger partial charge in [-0.3, -0.25) is 0 Å². The van der Waals surface area contributed by atoms with Crippen LogP contribution in [0.5, 0.6) is 0 Å². The summed E-state index contributed by atoms with van der Waals surface area (Å²) in [7, 11) is -2.98. The molecule has 12 rings (SSSR count). The van der Waals surface area contributed by atoms with Crippen LogP contribution in [0.4, 0.5) is 0 Å². The average molecular weight is 757 g/mol. The van der Waals surface area contributed by atoms with Crippen molar-refractivity contribution in [3.8, 4) is 11.4 Å². The van der Waals surface area contributed by atoms with Gasteiger partial charge in [0, 0.05) is 43.7 Å². The maximum atomic E-state index is 6.42. The van der Waals surface area contributed by atoms with Crippen molar-refractivity contribution in [2.45, 2.75) is 0 Å². The second kappa shape index (κ2) is 12.8. The highest BCUT2D eigenvalue weighted by Crippen LogP contribution is 2.38. The number of para-hydroxylation sites is 4. The molecule has 0 radical (unpaired) electrons. The summed E-state index contributed by atoms with van der Waals surface area (Å²) in [6.45, 7) is 0. The van der Waals surface area contributed by atoms with E-state index in [4.69, 9.17) is 4.42 Å². The zero-order chi connectivity index (χ0) is 38.2. The van der Waals surface area contributed by atoms with Crippen molar-refractivity contribution in [3.63, 3.8) is 0 Å². The van der Waals surface area contributed by atoms with Crippen LogP contribution < -0.4 is 20.7 Å². The van der Waals surface area contributed by atoms with E-state index in [1.165, 1.54) is 58.8 Å².